The number of benzene rings is 1. The Morgan fingerprint density at radius 3 is 2.62 bits per heavy atom. The summed E-state index contributed by atoms with van der Waals surface area (Å²) in [4.78, 5) is 25.6. The second-order valence-corrected chi connectivity index (χ2v) is 6.09. The molecule has 1 N–H and O–H groups in total. The molecule has 1 amide bonds. The number of hydrogen-bond donors (Lipinski definition) is 1. The van der Waals surface area contributed by atoms with Crippen LogP contribution in [0.2, 0.25) is 0 Å². The van der Waals surface area contributed by atoms with E-state index in [1.165, 1.54) is 11.8 Å². The predicted octanol–water partition coefficient (Wildman–Crippen LogP) is 3.67. The minimum absolute atomic E-state index is 0.221. The molecular weight excluding hydrogens is 334 g/mol. The lowest BCUT2D eigenvalue weighted by Crippen LogP contribution is -2.36. The van der Waals surface area contributed by atoms with Gasteiger partial charge in [-0.15, -0.1) is 0 Å². The maximum absolute atomic E-state index is 12.4. The molecule has 5 heteroatoms. The molecular formula is C16H18BrNO3. The van der Waals surface area contributed by atoms with Crippen LogP contribution in [0.25, 0.3) is 0 Å². The first-order valence-electron chi connectivity index (χ1n) is 6.92. The van der Waals surface area contributed by atoms with Crippen LogP contribution in [0, 0.1) is 6.92 Å². The summed E-state index contributed by atoms with van der Waals surface area (Å²) in [5.74, 6) is -1.18. The zero-order valence-electron chi connectivity index (χ0n) is 12.3. The number of aliphatic hydroxyl groups excluding tert-OH is 1. The molecule has 1 heterocycles. The molecule has 0 saturated carbocycles. The molecule has 0 bridgehead atoms. The first-order valence-corrected chi connectivity index (χ1v) is 7.71. The van der Waals surface area contributed by atoms with Crippen molar-refractivity contribution >= 4 is 33.3 Å². The van der Waals surface area contributed by atoms with E-state index in [2.05, 4.69) is 15.9 Å². The lowest BCUT2D eigenvalue weighted by Gasteiger charge is -2.26. The number of hydrogen-bond acceptors (Lipinski definition) is 3. The number of aliphatic hydroxyl groups is 1. The maximum Gasteiger partial charge on any atom is 0.294 e. The van der Waals surface area contributed by atoms with E-state index in [0.717, 1.165) is 16.5 Å². The van der Waals surface area contributed by atoms with Crippen molar-refractivity contribution in [2.45, 2.75) is 39.7 Å². The van der Waals surface area contributed by atoms with E-state index in [4.69, 9.17) is 0 Å². The van der Waals surface area contributed by atoms with Crippen LogP contribution < -0.4 is 4.90 Å². The van der Waals surface area contributed by atoms with E-state index in [-0.39, 0.29) is 11.4 Å². The average molecular weight is 352 g/mol. The topological polar surface area (TPSA) is 57.6 Å². The van der Waals surface area contributed by atoms with Crippen molar-refractivity contribution in [3.8, 4) is 0 Å². The molecule has 0 radical (unpaired) electrons. The summed E-state index contributed by atoms with van der Waals surface area (Å²) in [6, 6.07) is 5.18. The van der Waals surface area contributed by atoms with Gasteiger partial charge in [-0.3, -0.25) is 14.5 Å². The fraction of sp³-hybridized carbons (Fsp3) is 0.375. The Labute approximate surface area is 132 Å². The molecule has 21 heavy (non-hydrogen) atoms. The molecule has 0 fully saturated rings. The van der Waals surface area contributed by atoms with Gasteiger partial charge in [-0.2, -0.15) is 0 Å². The molecule has 4 nitrogen and oxygen atoms in total. The highest BCUT2D eigenvalue weighted by Gasteiger charge is 2.41. The molecule has 0 aliphatic carbocycles. The van der Waals surface area contributed by atoms with E-state index in [1.54, 1.807) is 0 Å². The molecule has 112 valence electrons. The number of halogens is 1. The zero-order valence-corrected chi connectivity index (χ0v) is 13.9. The Kier molecular flexibility index (Phi) is 4.52. The van der Waals surface area contributed by atoms with Crippen LogP contribution in [0.1, 0.15) is 32.3 Å². The third-order valence-corrected chi connectivity index (χ3v) is 4.55. The van der Waals surface area contributed by atoms with E-state index in [9.17, 15) is 14.7 Å². The SMILES string of the molecule is CCCC1C(C(C)=O)=C(O)C(=O)N1c1ccc(C)c(Br)c1. The number of ketones is 1. The summed E-state index contributed by atoms with van der Waals surface area (Å²) in [6.07, 6.45) is 1.45. The quantitative estimate of drug-likeness (QED) is 0.900. The molecule has 1 aliphatic rings. The van der Waals surface area contributed by atoms with Gasteiger partial charge in [0.25, 0.3) is 5.91 Å². The summed E-state index contributed by atoms with van der Waals surface area (Å²) in [6.45, 7) is 5.33. The molecule has 0 spiro atoms. The molecule has 1 atom stereocenters. The van der Waals surface area contributed by atoms with Gasteiger partial charge >= 0.3 is 0 Å². The molecule has 1 aliphatic heterocycles. The van der Waals surface area contributed by atoms with Crippen molar-refractivity contribution in [3.63, 3.8) is 0 Å². The van der Waals surface area contributed by atoms with Gasteiger partial charge in [0.2, 0.25) is 0 Å². The Morgan fingerprint density at radius 2 is 2.10 bits per heavy atom. The van der Waals surface area contributed by atoms with Crippen LogP contribution in [-0.4, -0.2) is 22.8 Å². The maximum atomic E-state index is 12.4. The molecule has 0 saturated heterocycles. The Hall–Kier alpha value is -1.62. The van der Waals surface area contributed by atoms with Crippen LogP contribution in [-0.2, 0) is 9.59 Å². The first-order chi connectivity index (χ1) is 9.88. The zero-order chi connectivity index (χ0) is 15.7. The van der Waals surface area contributed by atoms with Gasteiger partial charge in [-0.05, 0) is 38.0 Å². The minimum atomic E-state index is -0.505. The predicted molar refractivity (Wildman–Crippen MR) is 85.4 cm³/mol. The van der Waals surface area contributed by atoms with Crippen molar-refractivity contribution in [1.82, 2.24) is 0 Å². The van der Waals surface area contributed by atoms with Crippen LogP contribution in [0.5, 0.6) is 0 Å². The highest BCUT2D eigenvalue weighted by Crippen LogP contribution is 2.35. The Balaban J connectivity index is 2.50. The monoisotopic (exact) mass is 351 g/mol. The lowest BCUT2D eigenvalue weighted by molar-refractivity contribution is -0.117. The highest BCUT2D eigenvalue weighted by molar-refractivity contribution is 9.10. The van der Waals surface area contributed by atoms with E-state index >= 15 is 0 Å². The van der Waals surface area contributed by atoms with Crippen LogP contribution in [0.15, 0.2) is 34.0 Å². The van der Waals surface area contributed by atoms with Crippen molar-refractivity contribution < 1.29 is 14.7 Å². The standard InChI is InChI=1S/C16H18BrNO3/c1-4-5-13-14(10(3)19)15(20)16(21)18(13)11-7-6-9(2)12(17)8-11/h6-8,13,20H,4-5H2,1-3H3. The van der Waals surface area contributed by atoms with Crippen molar-refractivity contribution in [3.05, 3.63) is 39.6 Å². The van der Waals surface area contributed by atoms with Crippen LogP contribution >= 0.6 is 15.9 Å². The second kappa shape index (κ2) is 6.02. The number of rotatable bonds is 4. The smallest absolute Gasteiger partial charge is 0.294 e. The number of amides is 1. The third-order valence-electron chi connectivity index (χ3n) is 3.70. The fourth-order valence-corrected chi connectivity index (χ4v) is 3.00. The van der Waals surface area contributed by atoms with Gasteiger partial charge in [0, 0.05) is 10.2 Å². The van der Waals surface area contributed by atoms with Crippen LogP contribution in [0.3, 0.4) is 0 Å². The lowest BCUT2D eigenvalue weighted by atomic mass is 10.00. The third kappa shape index (κ3) is 2.75. The number of carbonyl (C=O) groups is 2. The van der Waals surface area contributed by atoms with E-state index in [0.29, 0.717) is 12.1 Å². The Bertz CT molecular complexity index is 636. The summed E-state index contributed by atoms with van der Waals surface area (Å²) in [5, 5.41) is 10.0. The number of aryl methyl sites for hydroxylation is 1. The number of carbonyl (C=O) groups excluding carboxylic acids is 2. The average Bonchev–Trinajstić information content (AvgIpc) is 2.66. The normalized spacial score (nSPS) is 18.6. The van der Waals surface area contributed by atoms with Crippen LogP contribution in [0.4, 0.5) is 5.69 Å². The number of anilines is 1. The Morgan fingerprint density at radius 1 is 1.43 bits per heavy atom. The molecule has 1 unspecified atom stereocenters. The van der Waals surface area contributed by atoms with Gasteiger partial charge in [0.15, 0.2) is 11.5 Å². The van der Waals surface area contributed by atoms with E-state index in [1.807, 2.05) is 32.0 Å². The van der Waals surface area contributed by atoms with Gasteiger partial charge < -0.3 is 5.11 Å². The molecule has 2 rings (SSSR count). The van der Waals surface area contributed by atoms with E-state index < -0.39 is 17.7 Å². The fourth-order valence-electron chi connectivity index (χ4n) is 2.63. The largest absolute Gasteiger partial charge is 0.503 e. The summed E-state index contributed by atoms with van der Waals surface area (Å²) in [5.41, 5.74) is 1.96. The van der Waals surface area contributed by atoms with Gasteiger partial charge in [0.1, 0.15) is 0 Å². The second-order valence-electron chi connectivity index (χ2n) is 5.23. The van der Waals surface area contributed by atoms with Crippen molar-refractivity contribution in [2.75, 3.05) is 4.90 Å². The molecule has 0 aromatic heterocycles. The number of Topliss-reactive ketones (excluding diaryl/α,β-unsaturated/α-hetero) is 1. The van der Waals surface area contributed by atoms with Gasteiger partial charge in [-0.25, -0.2) is 0 Å². The summed E-state index contributed by atoms with van der Waals surface area (Å²) >= 11 is 3.45. The minimum Gasteiger partial charge on any atom is -0.503 e. The summed E-state index contributed by atoms with van der Waals surface area (Å²) < 4.78 is 0.888. The van der Waals surface area contributed by atoms with Gasteiger partial charge in [0.05, 0.1) is 11.6 Å². The molecule has 1 aromatic carbocycles. The van der Waals surface area contributed by atoms with Crippen molar-refractivity contribution in [1.29, 1.82) is 0 Å². The first kappa shape index (κ1) is 15.8. The van der Waals surface area contributed by atoms with Crippen molar-refractivity contribution in [2.24, 2.45) is 0 Å². The number of nitrogens with zero attached hydrogens (tertiary/aromatic N) is 1. The molecule has 1 aromatic rings. The highest BCUT2D eigenvalue weighted by atomic mass is 79.9. The van der Waals surface area contributed by atoms with Gasteiger partial charge in [-0.1, -0.05) is 35.3 Å². The summed E-state index contributed by atoms with van der Waals surface area (Å²) in [7, 11) is 0.